The van der Waals surface area contributed by atoms with Crippen LogP contribution in [0.5, 0.6) is 0 Å². The highest BCUT2D eigenvalue weighted by molar-refractivity contribution is 6.26. The van der Waals surface area contributed by atoms with E-state index in [9.17, 15) is 0 Å². The summed E-state index contributed by atoms with van der Waals surface area (Å²) in [5, 5.41) is 9.71. The highest BCUT2D eigenvalue weighted by Crippen LogP contribution is 2.55. The number of nitrogens with zero attached hydrogens (tertiary/aromatic N) is 5. The third kappa shape index (κ3) is 6.93. The monoisotopic (exact) mass is 969 g/mol. The van der Waals surface area contributed by atoms with Crippen LogP contribution < -0.4 is 0 Å². The molecule has 0 saturated carbocycles. The molecule has 15 rings (SSSR count). The lowest BCUT2D eigenvalue weighted by Gasteiger charge is -2.24. The van der Waals surface area contributed by atoms with Crippen LogP contribution in [0.15, 0.2) is 249 Å². The Balaban J connectivity index is 1.03. The number of fused-ring (bicyclic) bond motifs is 13. The Hall–Kier alpha value is -9.84. The Morgan fingerprint density at radius 2 is 0.724 bits per heavy atom. The fourth-order valence-electron chi connectivity index (χ4n) is 12.2. The van der Waals surface area contributed by atoms with Crippen LogP contribution in [-0.2, 0) is 5.41 Å². The topological polar surface area (TPSA) is 56.5 Å². The smallest absolute Gasteiger partial charge is 0.240 e. The van der Waals surface area contributed by atoms with Gasteiger partial charge >= 0.3 is 0 Å². The maximum absolute atomic E-state index is 5.64. The van der Waals surface area contributed by atoms with Crippen molar-refractivity contribution in [1.29, 1.82) is 0 Å². The van der Waals surface area contributed by atoms with Gasteiger partial charge in [0.25, 0.3) is 0 Å². The number of pyridine rings is 1. The van der Waals surface area contributed by atoms with Crippen LogP contribution in [0.25, 0.3) is 139 Å². The molecule has 3 aromatic heterocycles. The minimum Gasteiger partial charge on any atom is -0.261 e. The number of hydrogen-bond donors (Lipinski definition) is 0. The van der Waals surface area contributed by atoms with E-state index in [1.165, 1.54) is 54.6 Å². The van der Waals surface area contributed by atoms with E-state index in [-0.39, 0.29) is 0 Å². The summed E-state index contributed by atoms with van der Waals surface area (Å²) in [7, 11) is 0. The van der Waals surface area contributed by atoms with Crippen LogP contribution in [-0.4, -0.2) is 24.5 Å². The summed E-state index contributed by atoms with van der Waals surface area (Å²) >= 11 is 0. The van der Waals surface area contributed by atoms with E-state index < -0.39 is 5.41 Å². The molecule has 0 aliphatic heterocycles. The quantitative estimate of drug-likeness (QED) is 0.149. The largest absolute Gasteiger partial charge is 0.261 e. The van der Waals surface area contributed by atoms with Gasteiger partial charge in [-0.05, 0) is 160 Å². The van der Waals surface area contributed by atoms with Crippen molar-refractivity contribution >= 4 is 54.3 Å². The molecular formula is C71H47N5. The zero-order valence-corrected chi connectivity index (χ0v) is 41.9. The molecular weight excluding hydrogens is 923 g/mol. The molecule has 5 heteroatoms. The Bertz CT molecular complexity index is 4380. The summed E-state index contributed by atoms with van der Waals surface area (Å²) in [6.07, 6.45) is 1.88. The third-order valence-electron chi connectivity index (χ3n) is 15.8. The molecule has 3 heterocycles. The highest BCUT2D eigenvalue weighted by Gasteiger charge is 2.40. The number of hydrogen-bond acceptors (Lipinski definition) is 4. The van der Waals surface area contributed by atoms with Gasteiger partial charge in [0.2, 0.25) is 5.95 Å². The van der Waals surface area contributed by atoms with E-state index in [2.05, 4.69) is 255 Å². The van der Waals surface area contributed by atoms with E-state index in [0.29, 0.717) is 17.6 Å². The van der Waals surface area contributed by atoms with Crippen LogP contribution in [0.3, 0.4) is 0 Å². The molecule has 0 N–H and O–H groups in total. The van der Waals surface area contributed by atoms with Crippen LogP contribution >= 0.6 is 0 Å². The van der Waals surface area contributed by atoms with Gasteiger partial charge in [0.05, 0.1) is 5.52 Å². The van der Waals surface area contributed by atoms with E-state index in [0.717, 1.165) is 77.6 Å². The van der Waals surface area contributed by atoms with Crippen LogP contribution in [0.4, 0.5) is 0 Å². The fourth-order valence-corrected chi connectivity index (χ4v) is 12.2. The van der Waals surface area contributed by atoms with Crippen molar-refractivity contribution in [2.24, 2.45) is 0 Å². The van der Waals surface area contributed by atoms with E-state index in [1.54, 1.807) is 0 Å². The summed E-state index contributed by atoms with van der Waals surface area (Å²) in [6, 6.07) is 87.2. The van der Waals surface area contributed by atoms with Gasteiger partial charge in [-0.25, -0.2) is 9.97 Å². The van der Waals surface area contributed by atoms with Gasteiger partial charge in [-0.2, -0.15) is 9.97 Å². The van der Waals surface area contributed by atoms with Gasteiger partial charge in [-0.3, -0.25) is 4.57 Å². The molecule has 356 valence electrons. The molecule has 0 amide bonds. The predicted molar refractivity (Wildman–Crippen MR) is 315 cm³/mol. The first kappa shape index (κ1) is 43.7. The lowest BCUT2D eigenvalue weighted by molar-refractivity contribution is 0.664. The molecule has 0 spiro atoms. The van der Waals surface area contributed by atoms with Crippen molar-refractivity contribution < 1.29 is 0 Å². The molecule has 76 heavy (non-hydrogen) atoms. The summed E-state index contributed by atoms with van der Waals surface area (Å²) in [6.45, 7) is 4.76. The first-order chi connectivity index (χ1) is 37.4. The van der Waals surface area contributed by atoms with Gasteiger partial charge in [-0.1, -0.05) is 196 Å². The Morgan fingerprint density at radius 3 is 1.20 bits per heavy atom. The lowest BCUT2D eigenvalue weighted by atomic mass is 9.80. The summed E-state index contributed by atoms with van der Waals surface area (Å²) in [5.74, 6) is 1.62. The standard InChI is InChI=1S/C71H47N5/c1-71(2)64-43-62-57-31-18-16-29-55(57)54-28-15-17-30-56(54)61(62)42-63(64)58-33-34-59-60-32-19-35-72-69(60)76(66(59)65(58)71)70-74-67(52-38-48(44-20-7-3-8-21-44)36-49(39-52)45-22-9-4-10-23-45)73-68(75-70)53-40-50(46-24-11-5-12-25-46)37-51(41-53)47-26-13-6-14-27-47/h3-43H,1-2H3. The molecule has 0 saturated heterocycles. The fraction of sp³-hybridized carbons (Fsp3) is 0.0423. The Kier molecular flexibility index (Phi) is 9.85. The normalized spacial score (nSPS) is 12.7. The number of rotatable bonds is 7. The molecule has 14 aromatic rings. The van der Waals surface area contributed by atoms with Crippen LogP contribution in [0.1, 0.15) is 25.0 Å². The zero-order chi connectivity index (χ0) is 50.5. The van der Waals surface area contributed by atoms with Crippen molar-refractivity contribution in [2.45, 2.75) is 19.3 Å². The SMILES string of the molecule is CC1(C)c2cc3c4ccccc4c4ccccc4c3cc2-c2ccc3c4cccnc4n(-c4nc(-c5cc(-c6ccccc6)cc(-c6ccccc6)c5)nc(-c5cc(-c6ccccc6)cc(-c6ccccc6)c5)n4)c3c21. The second-order valence-corrected chi connectivity index (χ2v) is 20.6. The Morgan fingerprint density at radius 1 is 0.316 bits per heavy atom. The zero-order valence-electron chi connectivity index (χ0n) is 41.9. The van der Waals surface area contributed by atoms with Gasteiger partial charge in [-0.15, -0.1) is 0 Å². The van der Waals surface area contributed by atoms with Crippen LogP contribution in [0, 0.1) is 0 Å². The molecule has 0 unspecified atom stereocenters. The average molecular weight is 970 g/mol. The van der Waals surface area contributed by atoms with Crippen molar-refractivity contribution in [1.82, 2.24) is 24.5 Å². The highest BCUT2D eigenvalue weighted by atomic mass is 15.2. The predicted octanol–water partition coefficient (Wildman–Crippen LogP) is 18.1. The van der Waals surface area contributed by atoms with Gasteiger partial charge in [0, 0.05) is 33.5 Å². The van der Waals surface area contributed by atoms with Gasteiger partial charge in [0.1, 0.15) is 5.65 Å². The average Bonchev–Trinajstić information content (AvgIpc) is 4.06. The molecule has 0 bridgehead atoms. The van der Waals surface area contributed by atoms with Crippen molar-refractivity contribution in [3.05, 3.63) is 260 Å². The van der Waals surface area contributed by atoms with E-state index in [4.69, 9.17) is 19.9 Å². The van der Waals surface area contributed by atoms with Crippen molar-refractivity contribution in [3.63, 3.8) is 0 Å². The second-order valence-electron chi connectivity index (χ2n) is 20.6. The summed E-state index contributed by atoms with van der Waals surface area (Å²) < 4.78 is 2.23. The molecule has 0 fully saturated rings. The molecule has 11 aromatic carbocycles. The molecule has 1 aliphatic rings. The number of benzene rings is 11. The molecule has 0 radical (unpaired) electrons. The first-order valence-corrected chi connectivity index (χ1v) is 26.0. The second kappa shape index (κ2) is 17.1. The maximum Gasteiger partial charge on any atom is 0.240 e. The van der Waals surface area contributed by atoms with Crippen LogP contribution in [0.2, 0.25) is 0 Å². The molecule has 1 aliphatic carbocycles. The lowest BCUT2D eigenvalue weighted by Crippen LogP contribution is -2.17. The van der Waals surface area contributed by atoms with E-state index in [1.807, 2.05) is 12.3 Å². The molecule has 5 nitrogen and oxygen atoms in total. The Labute approximate surface area is 440 Å². The van der Waals surface area contributed by atoms with E-state index >= 15 is 0 Å². The van der Waals surface area contributed by atoms with Crippen molar-refractivity contribution in [3.8, 4) is 84.4 Å². The minimum absolute atomic E-state index is 0.431. The minimum atomic E-state index is -0.431. The maximum atomic E-state index is 5.64. The summed E-state index contributed by atoms with van der Waals surface area (Å²) in [4.78, 5) is 22.0. The van der Waals surface area contributed by atoms with Gasteiger partial charge < -0.3 is 0 Å². The van der Waals surface area contributed by atoms with Crippen molar-refractivity contribution in [2.75, 3.05) is 0 Å². The third-order valence-corrected chi connectivity index (χ3v) is 15.8. The van der Waals surface area contributed by atoms with Gasteiger partial charge in [0.15, 0.2) is 11.6 Å². The molecule has 0 atom stereocenters. The number of aromatic nitrogens is 5. The summed E-state index contributed by atoms with van der Waals surface area (Å²) in [5.41, 5.74) is 16.8. The first-order valence-electron chi connectivity index (χ1n) is 26.0.